The fourth-order valence-electron chi connectivity index (χ4n) is 3.35. The molecule has 0 amide bonds. The van der Waals surface area contributed by atoms with E-state index in [1.165, 1.54) is 4.57 Å². The first kappa shape index (κ1) is 16.5. The lowest BCUT2D eigenvalue weighted by Crippen LogP contribution is -2.37. The van der Waals surface area contributed by atoms with E-state index < -0.39 is 6.17 Å². The van der Waals surface area contributed by atoms with Gasteiger partial charge in [0.2, 0.25) is 0 Å². The summed E-state index contributed by atoms with van der Waals surface area (Å²) in [6.07, 6.45) is 0.811. The van der Waals surface area contributed by atoms with Crippen molar-refractivity contribution in [3.05, 3.63) is 70.0 Å². The largest absolute Gasteiger partial charge is 0.293 e. The van der Waals surface area contributed by atoms with Crippen LogP contribution in [0.4, 0.5) is 4.39 Å². The SMILES string of the molecule is CC1(C)CC(F)c2nc3cc(C#Cc4ccccn4)ccc3c(=O)n2C1. The highest BCUT2D eigenvalue weighted by atomic mass is 19.1. The number of aromatic nitrogens is 3. The summed E-state index contributed by atoms with van der Waals surface area (Å²) in [5, 5.41) is 0.488. The van der Waals surface area contributed by atoms with Gasteiger partial charge < -0.3 is 0 Å². The Bertz CT molecular complexity index is 1110. The van der Waals surface area contributed by atoms with Crippen molar-refractivity contribution in [3.8, 4) is 11.8 Å². The lowest BCUT2D eigenvalue weighted by atomic mass is 9.84. The fraction of sp³-hybridized carbons (Fsp3) is 0.286. The second-order valence-electron chi connectivity index (χ2n) is 7.39. The molecule has 0 radical (unpaired) electrons. The van der Waals surface area contributed by atoms with Crippen molar-refractivity contribution in [3.63, 3.8) is 0 Å². The van der Waals surface area contributed by atoms with Gasteiger partial charge in [0.05, 0.1) is 10.9 Å². The first-order valence-corrected chi connectivity index (χ1v) is 8.55. The summed E-state index contributed by atoms with van der Waals surface area (Å²) in [4.78, 5) is 21.4. The van der Waals surface area contributed by atoms with Gasteiger partial charge >= 0.3 is 0 Å². The Morgan fingerprint density at radius 3 is 2.85 bits per heavy atom. The molecule has 130 valence electrons. The molecule has 0 N–H and O–H groups in total. The second kappa shape index (κ2) is 6.06. The van der Waals surface area contributed by atoms with E-state index in [-0.39, 0.29) is 16.8 Å². The van der Waals surface area contributed by atoms with Crippen LogP contribution >= 0.6 is 0 Å². The number of hydrogen-bond donors (Lipinski definition) is 0. The predicted molar refractivity (Wildman–Crippen MR) is 98.5 cm³/mol. The Labute approximate surface area is 150 Å². The van der Waals surface area contributed by atoms with E-state index in [4.69, 9.17) is 0 Å². The zero-order chi connectivity index (χ0) is 18.3. The first-order chi connectivity index (χ1) is 12.4. The Hall–Kier alpha value is -3.00. The van der Waals surface area contributed by atoms with Crippen LogP contribution in [0.25, 0.3) is 10.9 Å². The summed E-state index contributed by atoms with van der Waals surface area (Å²) in [5.74, 6) is 6.22. The Balaban J connectivity index is 1.81. The van der Waals surface area contributed by atoms with Crippen molar-refractivity contribution < 1.29 is 4.39 Å². The third-order valence-corrected chi connectivity index (χ3v) is 4.58. The van der Waals surface area contributed by atoms with Gasteiger partial charge in [0, 0.05) is 18.3 Å². The summed E-state index contributed by atoms with van der Waals surface area (Å²) in [5.41, 5.74) is 1.41. The highest BCUT2D eigenvalue weighted by Crippen LogP contribution is 2.37. The molecular formula is C21H18FN3O. The normalized spacial score (nSPS) is 18.0. The quantitative estimate of drug-likeness (QED) is 0.584. The lowest BCUT2D eigenvalue weighted by Gasteiger charge is -2.33. The van der Waals surface area contributed by atoms with Gasteiger partial charge in [-0.15, -0.1) is 0 Å². The van der Waals surface area contributed by atoms with Crippen molar-refractivity contribution in [1.82, 2.24) is 14.5 Å². The second-order valence-corrected chi connectivity index (χ2v) is 7.39. The molecule has 3 aromatic rings. The smallest absolute Gasteiger partial charge is 0.261 e. The molecule has 1 aromatic carbocycles. The van der Waals surface area contributed by atoms with Crippen LogP contribution in [0, 0.1) is 17.3 Å². The molecule has 1 aliphatic heterocycles. The number of hydrogen-bond acceptors (Lipinski definition) is 3. The maximum absolute atomic E-state index is 14.6. The van der Waals surface area contributed by atoms with Gasteiger partial charge in [-0.2, -0.15) is 0 Å². The van der Waals surface area contributed by atoms with Crippen molar-refractivity contribution in [1.29, 1.82) is 0 Å². The minimum Gasteiger partial charge on any atom is -0.293 e. The molecular weight excluding hydrogens is 329 g/mol. The topological polar surface area (TPSA) is 47.8 Å². The van der Waals surface area contributed by atoms with Gasteiger partial charge in [0.1, 0.15) is 11.5 Å². The van der Waals surface area contributed by atoms with E-state index in [1.54, 1.807) is 24.4 Å². The van der Waals surface area contributed by atoms with Gasteiger partial charge in [0.25, 0.3) is 5.56 Å². The van der Waals surface area contributed by atoms with E-state index in [2.05, 4.69) is 21.8 Å². The van der Waals surface area contributed by atoms with E-state index in [9.17, 15) is 9.18 Å². The average Bonchev–Trinajstić information content (AvgIpc) is 2.61. The minimum atomic E-state index is -1.24. The van der Waals surface area contributed by atoms with Gasteiger partial charge in [-0.25, -0.2) is 14.4 Å². The van der Waals surface area contributed by atoms with Crippen LogP contribution in [-0.4, -0.2) is 14.5 Å². The van der Waals surface area contributed by atoms with Crippen LogP contribution in [0.15, 0.2) is 47.4 Å². The molecule has 0 bridgehead atoms. The Morgan fingerprint density at radius 2 is 2.08 bits per heavy atom. The summed E-state index contributed by atoms with van der Waals surface area (Å²) in [6, 6.07) is 10.8. The van der Waals surface area contributed by atoms with Crippen molar-refractivity contribution in [2.75, 3.05) is 0 Å². The predicted octanol–water partition coefficient (Wildman–Crippen LogP) is 3.63. The molecule has 4 rings (SSSR count). The minimum absolute atomic E-state index is 0.190. The highest BCUT2D eigenvalue weighted by Gasteiger charge is 2.34. The fourth-order valence-corrected chi connectivity index (χ4v) is 3.35. The van der Waals surface area contributed by atoms with Gasteiger partial charge in [0.15, 0.2) is 6.17 Å². The molecule has 26 heavy (non-hydrogen) atoms. The van der Waals surface area contributed by atoms with Crippen LogP contribution in [0.3, 0.4) is 0 Å². The first-order valence-electron chi connectivity index (χ1n) is 8.55. The van der Waals surface area contributed by atoms with Gasteiger partial charge in [-0.3, -0.25) is 9.36 Å². The molecule has 5 heteroatoms. The number of fused-ring (bicyclic) bond motifs is 2. The van der Waals surface area contributed by atoms with E-state index in [1.807, 2.05) is 32.0 Å². The monoisotopic (exact) mass is 347 g/mol. The number of rotatable bonds is 0. The molecule has 2 aromatic heterocycles. The van der Waals surface area contributed by atoms with Crippen LogP contribution in [0.2, 0.25) is 0 Å². The summed E-state index contributed by atoms with van der Waals surface area (Å²) in [6.45, 7) is 4.41. The molecule has 4 nitrogen and oxygen atoms in total. The van der Waals surface area contributed by atoms with E-state index >= 15 is 0 Å². The third-order valence-electron chi connectivity index (χ3n) is 4.58. The zero-order valence-electron chi connectivity index (χ0n) is 14.7. The molecule has 0 saturated carbocycles. The van der Waals surface area contributed by atoms with Crippen molar-refractivity contribution >= 4 is 10.9 Å². The Morgan fingerprint density at radius 1 is 1.23 bits per heavy atom. The molecule has 0 saturated heterocycles. The summed E-state index contributed by atoms with van der Waals surface area (Å²) in [7, 11) is 0. The molecule has 3 heterocycles. The van der Waals surface area contributed by atoms with Gasteiger partial charge in [-0.05, 0) is 48.1 Å². The van der Waals surface area contributed by atoms with Crippen molar-refractivity contribution in [2.45, 2.75) is 33.0 Å². The number of alkyl halides is 1. The van der Waals surface area contributed by atoms with Crippen LogP contribution in [0.5, 0.6) is 0 Å². The number of nitrogens with zero attached hydrogens (tertiary/aromatic N) is 3. The maximum atomic E-state index is 14.6. The van der Waals surface area contributed by atoms with E-state index in [0.717, 1.165) is 0 Å². The van der Waals surface area contributed by atoms with E-state index in [0.29, 0.717) is 35.1 Å². The maximum Gasteiger partial charge on any atom is 0.261 e. The molecule has 0 fully saturated rings. The number of benzene rings is 1. The molecule has 1 atom stereocenters. The molecule has 0 spiro atoms. The van der Waals surface area contributed by atoms with Gasteiger partial charge in [-0.1, -0.05) is 25.8 Å². The van der Waals surface area contributed by atoms with Crippen LogP contribution in [0.1, 0.15) is 43.5 Å². The summed E-state index contributed by atoms with van der Waals surface area (Å²) >= 11 is 0. The zero-order valence-corrected chi connectivity index (χ0v) is 14.7. The van der Waals surface area contributed by atoms with Crippen LogP contribution < -0.4 is 5.56 Å². The third kappa shape index (κ3) is 2.99. The summed E-state index contributed by atoms with van der Waals surface area (Å²) < 4.78 is 16.1. The highest BCUT2D eigenvalue weighted by molar-refractivity contribution is 5.79. The lowest BCUT2D eigenvalue weighted by molar-refractivity contribution is 0.137. The van der Waals surface area contributed by atoms with Crippen LogP contribution in [-0.2, 0) is 6.54 Å². The van der Waals surface area contributed by atoms with Crippen molar-refractivity contribution in [2.24, 2.45) is 5.41 Å². The molecule has 1 aliphatic rings. The Kier molecular flexibility index (Phi) is 3.84. The molecule has 0 aliphatic carbocycles. The number of pyridine rings is 1. The average molecular weight is 347 g/mol. The standard InChI is InChI=1S/C21H18FN3O/c1-21(2)12-17(22)19-24-18-11-14(6-8-15-5-3-4-10-23-15)7-9-16(18)20(26)25(19)13-21/h3-5,7,9-11,17H,12-13H2,1-2H3. The number of halogens is 1. The molecule has 1 unspecified atom stereocenters.